The maximum Gasteiger partial charge on any atom is 0.410 e. The first-order valence-corrected chi connectivity index (χ1v) is 7.36. The van der Waals surface area contributed by atoms with Gasteiger partial charge < -0.3 is 9.47 Å². The Hall–Kier alpha value is -1.55. The van der Waals surface area contributed by atoms with Gasteiger partial charge in [0.25, 0.3) is 0 Å². The minimum atomic E-state index is -0.195. The van der Waals surface area contributed by atoms with Crippen molar-refractivity contribution in [3.05, 3.63) is 35.9 Å². The van der Waals surface area contributed by atoms with Crippen molar-refractivity contribution < 1.29 is 14.3 Å². The second kappa shape index (κ2) is 5.83. The molecule has 0 N–H and O–H groups in total. The van der Waals surface area contributed by atoms with Crippen molar-refractivity contribution in [1.82, 2.24) is 4.90 Å². The van der Waals surface area contributed by atoms with E-state index in [4.69, 9.17) is 9.47 Å². The van der Waals surface area contributed by atoms with Crippen LogP contribution in [0.15, 0.2) is 30.3 Å². The molecule has 1 amide bonds. The van der Waals surface area contributed by atoms with E-state index in [0.717, 1.165) is 18.4 Å². The minimum absolute atomic E-state index is 0.105. The number of nitrogens with zero attached hydrogens (tertiary/aromatic N) is 1. The molecule has 0 bridgehead atoms. The van der Waals surface area contributed by atoms with E-state index in [9.17, 15) is 4.79 Å². The zero-order valence-corrected chi connectivity index (χ0v) is 11.7. The SMILES string of the molecule is O=C(OCc1ccccc1)N1CCOCC12CCCC2. The van der Waals surface area contributed by atoms with Crippen LogP contribution in [0.2, 0.25) is 0 Å². The number of carbonyl (C=O) groups excluding carboxylic acids is 1. The highest BCUT2D eigenvalue weighted by atomic mass is 16.6. The van der Waals surface area contributed by atoms with E-state index in [0.29, 0.717) is 26.4 Å². The molecule has 1 aliphatic heterocycles. The molecular formula is C16H21NO3. The van der Waals surface area contributed by atoms with Gasteiger partial charge in [-0.05, 0) is 18.4 Å². The predicted molar refractivity (Wildman–Crippen MR) is 75.4 cm³/mol. The van der Waals surface area contributed by atoms with Gasteiger partial charge in [0.1, 0.15) is 6.61 Å². The van der Waals surface area contributed by atoms with Gasteiger partial charge in [0.05, 0.1) is 18.8 Å². The summed E-state index contributed by atoms with van der Waals surface area (Å²) in [7, 11) is 0. The van der Waals surface area contributed by atoms with Crippen LogP contribution in [0.1, 0.15) is 31.2 Å². The smallest absolute Gasteiger partial charge is 0.410 e. The van der Waals surface area contributed by atoms with Crippen molar-refractivity contribution in [3.8, 4) is 0 Å². The average Bonchev–Trinajstić information content (AvgIpc) is 2.95. The normalized spacial score (nSPS) is 21.1. The Bertz CT molecular complexity index is 454. The monoisotopic (exact) mass is 275 g/mol. The highest BCUT2D eigenvalue weighted by molar-refractivity contribution is 5.69. The second-order valence-corrected chi connectivity index (χ2v) is 5.68. The first-order valence-electron chi connectivity index (χ1n) is 7.36. The summed E-state index contributed by atoms with van der Waals surface area (Å²) in [5, 5.41) is 0. The Kier molecular flexibility index (Phi) is 3.92. The molecule has 20 heavy (non-hydrogen) atoms. The Morgan fingerprint density at radius 2 is 2.00 bits per heavy atom. The third-order valence-electron chi connectivity index (χ3n) is 4.36. The molecule has 1 saturated carbocycles. The van der Waals surface area contributed by atoms with Gasteiger partial charge in [-0.2, -0.15) is 0 Å². The van der Waals surface area contributed by atoms with Crippen molar-refractivity contribution in [2.75, 3.05) is 19.8 Å². The predicted octanol–water partition coefficient (Wildman–Crippen LogP) is 2.97. The summed E-state index contributed by atoms with van der Waals surface area (Å²) in [4.78, 5) is 14.3. The third kappa shape index (κ3) is 2.66. The number of hydrogen-bond acceptors (Lipinski definition) is 3. The Labute approximate surface area is 119 Å². The number of benzene rings is 1. The van der Waals surface area contributed by atoms with Crippen molar-refractivity contribution in [1.29, 1.82) is 0 Å². The number of hydrogen-bond donors (Lipinski definition) is 0. The van der Waals surface area contributed by atoms with Crippen LogP contribution in [-0.2, 0) is 16.1 Å². The summed E-state index contributed by atoms with van der Waals surface area (Å²) < 4.78 is 11.1. The minimum Gasteiger partial charge on any atom is -0.445 e. The molecule has 0 radical (unpaired) electrons. The lowest BCUT2D eigenvalue weighted by Crippen LogP contribution is -2.57. The van der Waals surface area contributed by atoms with Crippen LogP contribution in [0.3, 0.4) is 0 Å². The van der Waals surface area contributed by atoms with Crippen molar-refractivity contribution in [2.24, 2.45) is 0 Å². The van der Waals surface area contributed by atoms with Crippen molar-refractivity contribution in [2.45, 2.75) is 37.8 Å². The highest BCUT2D eigenvalue weighted by Crippen LogP contribution is 2.37. The van der Waals surface area contributed by atoms with Gasteiger partial charge in [0.15, 0.2) is 0 Å². The molecule has 0 unspecified atom stereocenters. The fourth-order valence-corrected chi connectivity index (χ4v) is 3.26. The molecule has 108 valence electrons. The molecule has 2 aliphatic rings. The summed E-state index contributed by atoms with van der Waals surface area (Å²) in [5.74, 6) is 0. The summed E-state index contributed by atoms with van der Waals surface area (Å²) in [6.45, 7) is 2.26. The van der Waals surface area contributed by atoms with Crippen LogP contribution in [0, 0.1) is 0 Å². The fourth-order valence-electron chi connectivity index (χ4n) is 3.26. The first kappa shape index (κ1) is 13.4. The van der Waals surface area contributed by atoms with Gasteiger partial charge in [-0.25, -0.2) is 4.79 Å². The molecule has 1 spiro atoms. The largest absolute Gasteiger partial charge is 0.445 e. The first-order chi connectivity index (χ1) is 9.80. The Morgan fingerprint density at radius 3 is 2.75 bits per heavy atom. The standard InChI is InChI=1S/C16H21NO3/c18-15(20-12-14-6-2-1-3-7-14)17-10-11-19-13-16(17)8-4-5-9-16/h1-3,6-7H,4-5,8-13H2. The zero-order valence-electron chi connectivity index (χ0n) is 11.7. The van der Waals surface area contributed by atoms with E-state index in [-0.39, 0.29) is 11.6 Å². The molecule has 3 rings (SSSR count). The van der Waals surface area contributed by atoms with Crippen LogP contribution in [0.4, 0.5) is 4.79 Å². The van der Waals surface area contributed by atoms with Gasteiger partial charge >= 0.3 is 6.09 Å². The van der Waals surface area contributed by atoms with E-state index < -0.39 is 0 Å². The van der Waals surface area contributed by atoms with Crippen LogP contribution in [0.25, 0.3) is 0 Å². The van der Waals surface area contributed by atoms with Gasteiger partial charge in [-0.3, -0.25) is 4.90 Å². The van der Waals surface area contributed by atoms with Crippen LogP contribution in [-0.4, -0.2) is 36.3 Å². The van der Waals surface area contributed by atoms with Gasteiger partial charge in [-0.1, -0.05) is 43.2 Å². The Morgan fingerprint density at radius 1 is 1.25 bits per heavy atom. The molecule has 1 heterocycles. The summed E-state index contributed by atoms with van der Waals surface area (Å²) in [6.07, 6.45) is 4.22. The van der Waals surface area contributed by atoms with Gasteiger partial charge in [-0.15, -0.1) is 0 Å². The molecule has 1 aromatic rings. The molecule has 2 fully saturated rings. The van der Waals surface area contributed by atoms with Gasteiger partial charge in [0, 0.05) is 6.54 Å². The van der Waals surface area contributed by atoms with E-state index in [1.54, 1.807) is 0 Å². The molecule has 0 atom stereocenters. The molecule has 0 aromatic heterocycles. The van der Waals surface area contributed by atoms with E-state index in [1.807, 2.05) is 35.2 Å². The van der Waals surface area contributed by atoms with Crippen molar-refractivity contribution >= 4 is 6.09 Å². The van der Waals surface area contributed by atoms with Crippen LogP contribution < -0.4 is 0 Å². The van der Waals surface area contributed by atoms with Crippen LogP contribution in [0.5, 0.6) is 0 Å². The highest BCUT2D eigenvalue weighted by Gasteiger charge is 2.45. The van der Waals surface area contributed by atoms with E-state index in [2.05, 4.69) is 0 Å². The quantitative estimate of drug-likeness (QED) is 0.833. The molecular weight excluding hydrogens is 254 g/mol. The number of carbonyl (C=O) groups is 1. The lowest BCUT2D eigenvalue weighted by Gasteiger charge is -2.43. The van der Waals surface area contributed by atoms with Gasteiger partial charge in [0.2, 0.25) is 0 Å². The average molecular weight is 275 g/mol. The Balaban J connectivity index is 1.63. The zero-order chi connectivity index (χ0) is 13.8. The lowest BCUT2D eigenvalue weighted by molar-refractivity contribution is -0.0600. The summed E-state index contributed by atoms with van der Waals surface area (Å²) in [6, 6.07) is 9.81. The lowest BCUT2D eigenvalue weighted by atomic mass is 9.95. The maximum atomic E-state index is 12.4. The molecule has 4 heteroatoms. The molecule has 4 nitrogen and oxygen atoms in total. The maximum absolute atomic E-state index is 12.4. The summed E-state index contributed by atoms with van der Waals surface area (Å²) >= 11 is 0. The third-order valence-corrected chi connectivity index (χ3v) is 4.36. The number of rotatable bonds is 2. The molecule has 1 aromatic carbocycles. The number of morpholine rings is 1. The van der Waals surface area contributed by atoms with Crippen molar-refractivity contribution in [3.63, 3.8) is 0 Å². The number of ether oxygens (including phenoxy) is 2. The fraction of sp³-hybridized carbons (Fsp3) is 0.562. The number of amides is 1. The van der Waals surface area contributed by atoms with E-state index in [1.165, 1.54) is 12.8 Å². The molecule has 1 saturated heterocycles. The summed E-state index contributed by atoms with van der Waals surface area (Å²) in [5.41, 5.74) is 0.918. The van der Waals surface area contributed by atoms with E-state index >= 15 is 0 Å². The second-order valence-electron chi connectivity index (χ2n) is 5.68. The van der Waals surface area contributed by atoms with Crippen LogP contribution >= 0.6 is 0 Å². The molecule has 1 aliphatic carbocycles. The topological polar surface area (TPSA) is 38.8 Å².